The normalized spacial score (nSPS) is 11.6. The quantitative estimate of drug-likeness (QED) is 0.539. The fourth-order valence-electron chi connectivity index (χ4n) is 1.83. The molecule has 0 amide bonds. The Hall–Kier alpha value is -1.48. The van der Waals surface area contributed by atoms with Gasteiger partial charge in [0.25, 0.3) is 5.56 Å². The Morgan fingerprint density at radius 1 is 1.12 bits per heavy atom. The number of methoxy groups -OCH3 is 1. The fourth-order valence-corrected chi connectivity index (χ4v) is 2.41. The first-order chi connectivity index (χ1) is 11.6. The van der Waals surface area contributed by atoms with Crippen LogP contribution in [-0.2, 0) is 10.9 Å². The van der Waals surface area contributed by atoms with Gasteiger partial charge >= 0.3 is 12.2 Å². The molecule has 136 valence electrons. The van der Waals surface area contributed by atoms with E-state index in [9.17, 15) is 18.0 Å². The predicted octanol–water partition coefficient (Wildman–Crippen LogP) is 4.24. The molecule has 1 aromatic carbocycles. The Labute approximate surface area is 154 Å². The van der Waals surface area contributed by atoms with Crippen LogP contribution < -0.4 is 10.3 Å². The molecule has 0 unspecified atom stereocenters. The van der Waals surface area contributed by atoms with Gasteiger partial charge in [0.05, 0.1) is 27.4 Å². The van der Waals surface area contributed by atoms with Crippen LogP contribution in [0.3, 0.4) is 0 Å². The lowest BCUT2D eigenvalue weighted by Gasteiger charge is -2.15. The molecule has 0 N–H and O–H groups in total. The number of halogens is 6. The third-order valence-electron chi connectivity index (χ3n) is 2.92. The molecule has 0 aliphatic heterocycles. The predicted molar refractivity (Wildman–Crippen MR) is 87.2 cm³/mol. The Bertz CT molecular complexity index is 817. The third-order valence-corrected chi connectivity index (χ3v) is 4.12. The van der Waals surface area contributed by atoms with Crippen LogP contribution in [0.1, 0.15) is 5.69 Å². The first-order valence-corrected chi connectivity index (χ1v) is 7.76. The maximum Gasteiger partial charge on any atom is 0.433 e. The zero-order valence-corrected chi connectivity index (χ0v) is 14.8. The molecule has 0 bridgehead atoms. The summed E-state index contributed by atoms with van der Waals surface area (Å²) < 4.78 is 49.4. The Morgan fingerprint density at radius 2 is 1.72 bits per heavy atom. The average Bonchev–Trinajstić information content (AvgIpc) is 2.51. The Morgan fingerprint density at radius 3 is 2.24 bits per heavy atom. The van der Waals surface area contributed by atoms with Crippen molar-refractivity contribution in [1.29, 1.82) is 0 Å². The number of hydrogen-bond donors (Lipinski definition) is 0. The molecule has 0 aliphatic carbocycles. The van der Waals surface area contributed by atoms with E-state index in [-0.39, 0.29) is 34.0 Å². The van der Waals surface area contributed by atoms with E-state index < -0.39 is 23.4 Å². The molecule has 5 nitrogen and oxygen atoms in total. The van der Waals surface area contributed by atoms with Crippen molar-refractivity contribution in [3.8, 4) is 11.7 Å². The standard InChI is InChI=1S/C14H10Cl3F3N2O3/c1-24-2-3-25-13-21-10(14(18,19)20)6-11(23)22(13)7-4-8(15)12(17)9(16)5-7/h4-6H,2-3H2,1H3. The molecule has 0 saturated heterocycles. The first kappa shape index (κ1) is 19.8. The molecule has 0 spiro atoms. The van der Waals surface area contributed by atoms with E-state index in [4.69, 9.17) is 44.3 Å². The molecule has 0 aliphatic rings. The Kier molecular flexibility index (Phi) is 6.21. The van der Waals surface area contributed by atoms with Gasteiger partial charge in [0.2, 0.25) is 0 Å². The van der Waals surface area contributed by atoms with Gasteiger partial charge in [0, 0.05) is 13.2 Å². The average molecular weight is 418 g/mol. The highest BCUT2D eigenvalue weighted by Gasteiger charge is 2.34. The highest BCUT2D eigenvalue weighted by molar-refractivity contribution is 6.48. The van der Waals surface area contributed by atoms with Crippen molar-refractivity contribution in [1.82, 2.24) is 9.55 Å². The van der Waals surface area contributed by atoms with E-state index >= 15 is 0 Å². The smallest absolute Gasteiger partial charge is 0.433 e. The molecule has 25 heavy (non-hydrogen) atoms. The summed E-state index contributed by atoms with van der Waals surface area (Å²) in [6, 6.07) is 2.29. The fraction of sp³-hybridized carbons (Fsp3) is 0.286. The van der Waals surface area contributed by atoms with Crippen LogP contribution in [0, 0.1) is 0 Å². The van der Waals surface area contributed by atoms with Gasteiger partial charge in [-0.2, -0.15) is 18.2 Å². The number of aromatic nitrogens is 2. The van der Waals surface area contributed by atoms with Crippen LogP contribution in [-0.4, -0.2) is 29.9 Å². The summed E-state index contributed by atoms with van der Waals surface area (Å²) in [6.45, 7) is -0.0481. The van der Waals surface area contributed by atoms with E-state index in [0.29, 0.717) is 6.07 Å². The second-order valence-corrected chi connectivity index (χ2v) is 5.85. The van der Waals surface area contributed by atoms with E-state index in [1.807, 2.05) is 0 Å². The van der Waals surface area contributed by atoms with Crippen molar-refractivity contribution in [2.45, 2.75) is 6.18 Å². The van der Waals surface area contributed by atoms with Crippen LogP contribution >= 0.6 is 34.8 Å². The minimum absolute atomic E-state index is 0.0128. The number of nitrogens with zero attached hydrogens (tertiary/aromatic N) is 2. The number of rotatable bonds is 5. The first-order valence-electron chi connectivity index (χ1n) is 6.63. The third kappa shape index (κ3) is 4.58. The second kappa shape index (κ2) is 7.82. The number of ether oxygens (including phenoxy) is 2. The molecule has 0 fully saturated rings. The summed E-state index contributed by atoms with van der Waals surface area (Å²) >= 11 is 17.7. The molecule has 2 rings (SSSR count). The molecule has 0 atom stereocenters. The molecule has 0 saturated carbocycles. The lowest BCUT2D eigenvalue weighted by molar-refractivity contribution is -0.141. The van der Waals surface area contributed by atoms with Crippen molar-refractivity contribution >= 4 is 34.8 Å². The minimum Gasteiger partial charge on any atom is -0.462 e. The van der Waals surface area contributed by atoms with Gasteiger partial charge < -0.3 is 9.47 Å². The monoisotopic (exact) mass is 416 g/mol. The van der Waals surface area contributed by atoms with Gasteiger partial charge in [-0.15, -0.1) is 0 Å². The molecular formula is C14H10Cl3F3N2O3. The van der Waals surface area contributed by atoms with Crippen LogP contribution in [0.25, 0.3) is 5.69 Å². The van der Waals surface area contributed by atoms with Gasteiger partial charge in [0.1, 0.15) is 6.61 Å². The number of hydrogen-bond acceptors (Lipinski definition) is 4. The number of benzene rings is 1. The molecule has 0 radical (unpaired) electrons. The summed E-state index contributed by atoms with van der Waals surface area (Å²) in [6.07, 6.45) is -4.81. The van der Waals surface area contributed by atoms with E-state index in [1.54, 1.807) is 0 Å². The van der Waals surface area contributed by atoms with Gasteiger partial charge in [-0.3, -0.25) is 4.79 Å². The highest BCUT2D eigenvalue weighted by atomic mass is 35.5. The van der Waals surface area contributed by atoms with Crippen molar-refractivity contribution in [2.75, 3.05) is 20.3 Å². The molecule has 2 aromatic rings. The summed E-state index contributed by atoms with van der Waals surface area (Å²) in [5.41, 5.74) is -2.35. The summed E-state index contributed by atoms with van der Waals surface area (Å²) in [5.74, 6) is 0. The number of alkyl halides is 3. The van der Waals surface area contributed by atoms with Crippen LogP contribution in [0.5, 0.6) is 6.01 Å². The lowest BCUT2D eigenvalue weighted by atomic mass is 10.3. The SMILES string of the molecule is COCCOc1nc(C(F)(F)F)cc(=O)n1-c1cc(Cl)c(Cl)c(Cl)c1. The largest absolute Gasteiger partial charge is 0.462 e. The summed E-state index contributed by atoms with van der Waals surface area (Å²) in [5, 5.41) is 0.0690. The Balaban J connectivity index is 2.65. The zero-order valence-electron chi connectivity index (χ0n) is 12.5. The minimum atomic E-state index is -4.81. The van der Waals surface area contributed by atoms with Crippen LogP contribution in [0.4, 0.5) is 13.2 Å². The van der Waals surface area contributed by atoms with Crippen molar-refractivity contribution < 1.29 is 22.6 Å². The van der Waals surface area contributed by atoms with Crippen molar-refractivity contribution in [3.63, 3.8) is 0 Å². The molecule has 1 heterocycles. The summed E-state index contributed by atoms with van der Waals surface area (Å²) in [4.78, 5) is 15.6. The van der Waals surface area contributed by atoms with Crippen molar-refractivity contribution in [3.05, 3.63) is 49.3 Å². The van der Waals surface area contributed by atoms with Crippen LogP contribution in [0.15, 0.2) is 23.0 Å². The highest BCUT2D eigenvalue weighted by Crippen LogP contribution is 2.34. The van der Waals surface area contributed by atoms with Gasteiger partial charge in [-0.25, -0.2) is 4.57 Å². The van der Waals surface area contributed by atoms with Crippen molar-refractivity contribution in [2.24, 2.45) is 0 Å². The maximum atomic E-state index is 12.9. The van der Waals surface area contributed by atoms with Crippen LogP contribution in [0.2, 0.25) is 15.1 Å². The van der Waals surface area contributed by atoms with E-state index in [2.05, 4.69) is 4.98 Å². The van der Waals surface area contributed by atoms with Gasteiger partial charge in [-0.05, 0) is 12.1 Å². The molecule has 11 heteroatoms. The van der Waals surface area contributed by atoms with E-state index in [1.165, 1.54) is 19.2 Å². The topological polar surface area (TPSA) is 53.4 Å². The van der Waals surface area contributed by atoms with Gasteiger partial charge in [0.15, 0.2) is 5.69 Å². The maximum absolute atomic E-state index is 12.9. The second-order valence-electron chi connectivity index (χ2n) is 4.66. The van der Waals surface area contributed by atoms with E-state index in [0.717, 1.165) is 4.57 Å². The lowest BCUT2D eigenvalue weighted by Crippen LogP contribution is -2.26. The zero-order chi connectivity index (χ0) is 18.8. The molecule has 1 aromatic heterocycles. The molecular weight excluding hydrogens is 408 g/mol. The summed E-state index contributed by atoms with van der Waals surface area (Å²) in [7, 11) is 1.38. The van der Waals surface area contributed by atoms with Gasteiger partial charge in [-0.1, -0.05) is 34.8 Å².